The zero-order chi connectivity index (χ0) is 13.2. The standard InChI is InChI=1S/C15H18N2O2/c18-14-10-12(9-11-3-1-2-4-13(11)14)15(19)17-7-5-16-6-8-17/h1-4,12,16H,5-10H2. The van der Waals surface area contributed by atoms with Crippen LogP contribution < -0.4 is 5.32 Å². The lowest BCUT2D eigenvalue weighted by molar-refractivity contribution is -0.136. The summed E-state index contributed by atoms with van der Waals surface area (Å²) in [4.78, 5) is 26.4. The van der Waals surface area contributed by atoms with Crippen molar-refractivity contribution in [3.8, 4) is 0 Å². The maximum atomic E-state index is 12.5. The molecular formula is C15H18N2O2. The van der Waals surface area contributed by atoms with Crippen LogP contribution in [0.3, 0.4) is 0 Å². The zero-order valence-electron chi connectivity index (χ0n) is 10.9. The summed E-state index contributed by atoms with van der Waals surface area (Å²) < 4.78 is 0. The number of rotatable bonds is 1. The van der Waals surface area contributed by atoms with Gasteiger partial charge in [-0.15, -0.1) is 0 Å². The molecule has 3 rings (SSSR count). The third-order valence-electron chi connectivity index (χ3n) is 3.99. The Hall–Kier alpha value is -1.68. The van der Waals surface area contributed by atoms with Crippen molar-refractivity contribution >= 4 is 11.7 Å². The number of nitrogens with zero attached hydrogens (tertiary/aromatic N) is 1. The first-order valence-electron chi connectivity index (χ1n) is 6.86. The minimum absolute atomic E-state index is 0.107. The summed E-state index contributed by atoms with van der Waals surface area (Å²) in [5, 5.41) is 3.24. The number of hydrogen-bond acceptors (Lipinski definition) is 3. The Bertz CT molecular complexity index is 507. The van der Waals surface area contributed by atoms with Crippen molar-refractivity contribution in [2.24, 2.45) is 5.92 Å². The number of piperazine rings is 1. The van der Waals surface area contributed by atoms with E-state index >= 15 is 0 Å². The summed E-state index contributed by atoms with van der Waals surface area (Å²) in [6, 6.07) is 7.65. The molecule has 1 atom stereocenters. The Morgan fingerprint density at radius 2 is 1.89 bits per heavy atom. The molecule has 1 fully saturated rings. The molecule has 4 heteroatoms. The summed E-state index contributed by atoms with van der Waals surface area (Å²) >= 11 is 0. The van der Waals surface area contributed by atoms with Crippen LogP contribution in [0.15, 0.2) is 24.3 Å². The van der Waals surface area contributed by atoms with Gasteiger partial charge in [-0.3, -0.25) is 9.59 Å². The highest BCUT2D eigenvalue weighted by atomic mass is 16.2. The number of nitrogens with one attached hydrogen (secondary N) is 1. The van der Waals surface area contributed by atoms with Crippen molar-refractivity contribution in [2.45, 2.75) is 12.8 Å². The number of ketones is 1. The maximum absolute atomic E-state index is 12.5. The van der Waals surface area contributed by atoms with Crippen LogP contribution >= 0.6 is 0 Å². The van der Waals surface area contributed by atoms with Crippen LogP contribution in [-0.2, 0) is 11.2 Å². The van der Waals surface area contributed by atoms with E-state index in [4.69, 9.17) is 0 Å². The quantitative estimate of drug-likeness (QED) is 0.813. The van der Waals surface area contributed by atoms with Gasteiger partial charge in [-0.1, -0.05) is 24.3 Å². The molecule has 1 aromatic rings. The molecular weight excluding hydrogens is 240 g/mol. The van der Waals surface area contributed by atoms with Crippen LogP contribution in [0.1, 0.15) is 22.3 Å². The molecule has 0 saturated carbocycles. The minimum atomic E-state index is -0.166. The molecule has 1 aliphatic carbocycles. The van der Waals surface area contributed by atoms with Gasteiger partial charge in [0.2, 0.25) is 5.91 Å². The zero-order valence-corrected chi connectivity index (χ0v) is 10.9. The second-order valence-corrected chi connectivity index (χ2v) is 5.26. The van der Waals surface area contributed by atoms with Crippen LogP contribution in [0, 0.1) is 5.92 Å². The molecule has 1 saturated heterocycles. The van der Waals surface area contributed by atoms with Crippen molar-refractivity contribution in [3.05, 3.63) is 35.4 Å². The lowest BCUT2D eigenvalue weighted by Gasteiger charge is -2.32. The van der Waals surface area contributed by atoms with Crippen molar-refractivity contribution in [2.75, 3.05) is 26.2 Å². The fourth-order valence-corrected chi connectivity index (χ4v) is 2.96. The van der Waals surface area contributed by atoms with Crippen LogP contribution in [-0.4, -0.2) is 42.8 Å². The van der Waals surface area contributed by atoms with Crippen LogP contribution in [0.2, 0.25) is 0 Å². The minimum Gasteiger partial charge on any atom is -0.340 e. The highest BCUT2D eigenvalue weighted by Gasteiger charge is 2.32. The fourth-order valence-electron chi connectivity index (χ4n) is 2.96. The average Bonchev–Trinajstić information content (AvgIpc) is 2.47. The van der Waals surface area contributed by atoms with E-state index in [0.29, 0.717) is 12.8 Å². The predicted molar refractivity (Wildman–Crippen MR) is 72.0 cm³/mol. The Labute approximate surface area is 112 Å². The van der Waals surface area contributed by atoms with Gasteiger partial charge in [0.1, 0.15) is 0 Å². The molecule has 0 bridgehead atoms. The van der Waals surface area contributed by atoms with Crippen molar-refractivity contribution < 1.29 is 9.59 Å². The van der Waals surface area contributed by atoms with Gasteiger partial charge < -0.3 is 10.2 Å². The second-order valence-electron chi connectivity index (χ2n) is 5.26. The molecule has 2 aliphatic rings. The lowest BCUT2D eigenvalue weighted by Crippen LogP contribution is -2.49. The van der Waals surface area contributed by atoms with E-state index in [9.17, 15) is 9.59 Å². The lowest BCUT2D eigenvalue weighted by atomic mass is 9.82. The maximum Gasteiger partial charge on any atom is 0.226 e. The third-order valence-corrected chi connectivity index (χ3v) is 3.99. The van der Waals surface area contributed by atoms with Gasteiger partial charge in [-0.2, -0.15) is 0 Å². The SMILES string of the molecule is O=C1CC(C(=O)N2CCNCC2)Cc2ccccc21. The molecule has 100 valence electrons. The number of amides is 1. The van der Waals surface area contributed by atoms with Crippen LogP contribution in [0.5, 0.6) is 0 Å². The van der Waals surface area contributed by atoms with Crippen LogP contribution in [0.25, 0.3) is 0 Å². The van der Waals surface area contributed by atoms with Gasteiger partial charge in [-0.25, -0.2) is 0 Å². The number of hydrogen-bond donors (Lipinski definition) is 1. The number of fused-ring (bicyclic) bond motifs is 1. The van der Waals surface area contributed by atoms with Gasteiger partial charge in [0.15, 0.2) is 5.78 Å². The van der Waals surface area contributed by atoms with Gasteiger partial charge in [0.05, 0.1) is 0 Å². The van der Waals surface area contributed by atoms with Crippen molar-refractivity contribution in [1.29, 1.82) is 0 Å². The number of carbonyl (C=O) groups excluding carboxylic acids is 2. The fraction of sp³-hybridized carbons (Fsp3) is 0.467. The Kier molecular flexibility index (Phi) is 3.34. The molecule has 0 radical (unpaired) electrons. The van der Waals surface area contributed by atoms with Crippen LogP contribution in [0.4, 0.5) is 0 Å². The van der Waals surface area contributed by atoms with E-state index in [1.54, 1.807) is 0 Å². The van der Waals surface area contributed by atoms with Gasteiger partial charge in [0.25, 0.3) is 0 Å². The van der Waals surface area contributed by atoms with E-state index in [2.05, 4.69) is 5.32 Å². The number of Topliss-reactive ketones (excluding diaryl/α,β-unsaturated/α-hetero) is 1. The Morgan fingerprint density at radius 3 is 2.68 bits per heavy atom. The van der Waals surface area contributed by atoms with Crippen molar-refractivity contribution in [3.63, 3.8) is 0 Å². The highest BCUT2D eigenvalue weighted by molar-refractivity contribution is 6.01. The topological polar surface area (TPSA) is 49.4 Å². The first kappa shape index (κ1) is 12.4. The first-order chi connectivity index (χ1) is 9.25. The molecule has 1 aliphatic heterocycles. The second kappa shape index (κ2) is 5.13. The van der Waals surface area contributed by atoms with Gasteiger partial charge >= 0.3 is 0 Å². The molecule has 4 nitrogen and oxygen atoms in total. The monoisotopic (exact) mass is 258 g/mol. The molecule has 19 heavy (non-hydrogen) atoms. The largest absolute Gasteiger partial charge is 0.340 e. The normalized spacial score (nSPS) is 23.1. The molecule has 1 amide bonds. The average molecular weight is 258 g/mol. The highest BCUT2D eigenvalue weighted by Crippen LogP contribution is 2.26. The number of carbonyl (C=O) groups is 2. The molecule has 1 heterocycles. The van der Waals surface area contributed by atoms with E-state index in [-0.39, 0.29) is 17.6 Å². The summed E-state index contributed by atoms with van der Waals surface area (Å²) in [6.07, 6.45) is 1.06. The molecule has 1 aromatic carbocycles. The Balaban J connectivity index is 1.77. The van der Waals surface area contributed by atoms with E-state index in [1.807, 2.05) is 29.2 Å². The smallest absolute Gasteiger partial charge is 0.226 e. The third kappa shape index (κ3) is 2.40. The molecule has 1 N–H and O–H groups in total. The first-order valence-corrected chi connectivity index (χ1v) is 6.86. The molecule has 0 spiro atoms. The van der Waals surface area contributed by atoms with Crippen molar-refractivity contribution in [1.82, 2.24) is 10.2 Å². The molecule has 0 aromatic heterocycles. The predicted octanol–water partition coefficient (Wildman–Crippen LogP) is 0.863. The van der Waals surface area contributed by atoms with E-state index in [1.165, 1.54) is 0 Å². The molecule has 1 unspecified atom stereocenters. The van der Waals surface area contributed by atoms with Gasteiger partial charge in [-0.05, 0) is 12.0 Å². The van der Waals surface area contributed by atoms with E-state index < -0.39 is 0 Å². The number of benzene rings is 1. The summed E-state index contributed by atoms with van der Waals surface area (Å²) in [5.74, 6) is 0.0835. The summed E-state index contributed by atoms with van der Waals surface area (Å²) in [7, 11) is 0. The summed E-state index contributed by atoms with van der Waals surface area (Å²) in [5.41, 5.74) is 1.82. The van der Waals surface area contributed by atoms with E-state index in [0.717, 1.165) is 37.3 Å². The van der Waals surface area contributed by atoms with Gasteiger partial charge in [0, 0.05) is 44.1 Å². The summed E-state index contributed by atoms with van der Waals surface area (Å²) in [6.45, 7) is 3.21. The Morgan fingerprint density at radius 1 is 1.16 bits per heavy atom.